The number of guanidine groups is 1. The predicted octanol–water partition coefficient (Wildman–Crippen LogP) is 3.61. The highest BCUT2D eigenvalue weighted by Crippen LogP contribution is 2.26. The Morgan fingerprint density at radius 1 is 1.17 bits per heavy atom. The van der Waals surface area contributed by atoms with Crippen molar-refractivity contribution in [1.82, 2.24) is 10.2 Å². The van der Waals surface area contributed by atoms with E-state index in [1.807, 2.05) is 30.3 Å². The van der Waals surface area contributed by atoms with E-state index < -0.39 is 0 Å². The normalized spacial score (nSPS) is 14.4. The van der Waals surface area contributed by atoms with Crippen molar-refractivity contribution in [2.75, 3.05) is 51.8 Å². The molecule has 1 heterocycles. The molecule has 0 spiro atoms. The highest BCUT2D eigenvalue weighted by molar-refractivity contribution is 14.0. The van der Waals surface area contributed by atoms with Crippen molar-refractivity contribution in [3.05, 3.63) is 53.1 Å². The summed E-state index contributed by atoms with van der Waals surface area (Å²) in [7, 11) is 3.39. The number of piperazine rings is 1. The van der Waals surface area contributed by atoms with Crippen LogP contribution in [0.25, 0.3) is 0 Å². The van der Waals surface area contributed by atoms with Gasteiger partial charge in [0.2, 0.25) is 0 Å². The van der Waals surface area contributed by atoms with Crippen molar-refractivity contribution in [2.24, 2.45) is 4.99 Å². The lowest BCUT2D eigenvalue weighted by Crippen LogP contribution is -2.52. The lowest BCUT2D eigenvalue weighted by molar-refractivity contribution is 0.372. The molecule has 8 heteroatoms. The number of aromatic hydroxyl groups is 1. The number of hydrogen-bond donors (Lipinski definition) is 2. The molecule has 2 aromatic carbocycles. The number of methoxy groups -OCH3 is 1. The number of benzene rings is 2. The van der Waals surface area contributed by atoms with Gasteiger partial charge in [-0.05, 0) is 30.2 Å². The lowest BCUT2D eigenvalue weighted by atomic mass is 10.1. The molecule has 29 heavy (non-hydrogen) atoms. The van der Waals surface area contributed by atoms with E-state index in [4.69, 9.17) is 16.3 Å². The van der Waals surface area contributed by atoms with Gasteiger partial charge in [-0.15, -0.1) is 24.0 Å². The van der Waals surface area contributed by atoms with Crippen LogP contribution in [-0.2, 0) is 6.42 Å². The van der Waals surface area contributed by atoms with E-state index in [9.17, 15) is 5.11 Å². The Balaban J connectivity index is 0.00000300. The van der Waals surface area contributed by atoms with Gasteiger partial charge in [-0.2, -0.15) is 0 Å². The number of rotatable bonds is 5. The summed E-state index contributed by atoms with van der Waals surface area (Å²) in [5.41, 5.74) is 1.97. The number of phenols is 1. The minimum atomic E-state index is 0. The van der Waals surface area contributed by atoms with Crippen LogP contribution in [0.1, 0.15) is 5.56 Å². The second-order valence-electron chi connectivity index (χ2n) is 6.64. The second-order valence-corrected chi connectivity index (χ2v) is 7.05. The van der Waals surface area contributed by atoms with Crippen LogP contribution in [0.3, 0.4) is 0 Å². The zero-order valence-electron chi connectivity index (χ0n) is 16.8. The van der Waals surface area contributed by atoms with Gasteiger partial charge in [-0.3, -0.25) is 4.99 Å². The SMILES string of the molecule is CN=C(NCCc1ccc(OC)cc1O)N1CCN(c2ccccc2Cl)CC1.I. The smallest absolute Gasteiger partial charge is 0.193 e. The fourth-order valence-corrected chi connectivity index (χ4v) is 3.65. The number of ether oxygens (including phenoxy) is 1. The molecule has 1 saturated heterocycles. The van der Waals surface area contributed by atoms with Crippen molar-refractivity contribution in [3.63, 3.8) is 0 Å². The predicted molar refractivity (Wildman–Crippen MR) is 130 cm³/mol. The number of nitrogens with zero attached hydrogens (tertiary/aromatic N) is 3. The van der Waals surface area contributed by atoms with Gasteiger partial charge in [-0.25, -0.2) is 0 Å². The summed E-state index contributed by atoms with van der Waals surface area (Å²) in [6.45, 7) is 4.22. The third kappa shape index (κ3) is 6.05. The van der Waals surface area contributed by atoms with Crippen molar-refractivity contribution in [3.8, 4) is 11.5 Å². The van der Waals surface area contributed by atoms with Gasteiger partial charge in [0.1, 0.15) is 11.5 Å². The number of halogens is 2. The van der Waals surface area contributed by atoms with Gasteiger partial charge in [-0.1, -0.05) is 29.8 Å². The summed E-state index contributed by atoms with van der Waals surface area (Å²) < 4.78 is 5.12. The van der Waals surface area contributed by atoms with Crippen molar-refractivity contribution >= 4 is 47.2 Å². The summed E-state index contributed by atoms with van der Waals surface area (Å²) >= 11 is 6.32. The van der Waals surface area contributed by atoms with Gasteiger partial charge < -0.3 is 25.0 Å². The van der Waals surface area contributed by atoms with E-state index >= 15 is 0 Å². The standard InChI is InChI=1S/C21H27ClN4O2.HI/c1-23-21(24-10-9-16-7-8-17(28-2)15-20(16)27)26-13-11-25(12-14-26)19-6-4-3-5-18(19)22;/h3-8,15,27H,9-14H2,1-2H3,(H,23,24);1H. The summed E-state index contributed by atoms with van der Waals surface area (Å²) in [6.07, 6.45) is 0.703. The first-order chi connectivity index (χ1) is 13.6. The lowest BCUT2D eigenvalue weighted by Gasteiger charge is -2.38. The minimum absolute atomic E-state index is 0. The summed E-state index contributed by atoms with van der Waals surface area (Å²) in [5.74, 6) is 1.79. The molecule has 2 aromatic rings. The largest absolute Gasteiger partial charge is 0.508 e. The van der Waals surface area contributed by atoms with Crippen molar-refractivity contribution in [1.29, 1.82) is 0 Å². The topological polar surface area (TPSA) is 60.3 Å². The molecular formula is C21H28ClIN4O2. The molecule has 6 nitrogen and oxygen atoms in total. The molecule has 0 aliphatic carbocycles. The van der Waals surface area contributed by atoms with Crippen LogP contribution < -0.4 is 15.0 Å². The number of hydrogen-bond acceptors (Lipinski definition) is 4. The van der Waals surface area contributed by atoms with Gasteiger partial charge in [0.05, 0.1) is 17.8 Å². The first kappa shape index (κ1) is 23.4. The molecule has 0 aromatic heterocycles. The molecule has 1 aliphatic heterocycles. The molecule has 0 saturated carbocycles. The molecular weight excluding hydrogens is 503 g/mol. The quantitative estimate of drug-likeness (QED) is 0.351. The highest BCUT2D eigenvalue weighted by Gasteiger charge is 2.20. The van der Waals surface area contributed by atoms with Crippen LogP contribution in [0.4, 0.5) is 5.69 Å². The number of para-hydroxylation sites is 1. The number of nitrogens with one attached hydrogen (secondary N) is 1. The maximum absolute atomic E-state index is 10.1. The fourth-order valence-electron chi connectivity index (χ4n) is 3.39. The Morgan fingerprint density at radius 3 is 2.52 bits per heavy atom. The maximum Gasteiger partial charge on any atom is 0.193 e. The van der Waals surface area contributed by atoms with Crippen LogP contribution in [0.5, 0.6) is 11.5 Å². The monoisotopic (exact) mass is 530 g/mol. The summed E-state index contributed by atoms with van der Waals surface area (Å²) in [6, 6.07) is 13.3. The molecule has 0 atom stereocenters. The van der Waals surface area contributed by atoms with Gasteiger partial charge >= 0.3 is 0 Å². The first-order valence-corrected chi connectivity index (χ1v) is 9.81. The molecule has 3 rings (SSSR count). The third-order valence-corrected chi connectivity index (χ3v) is 5.27. The Hall–Kier alpha value is -1.87. The number of anilines is 1. The van der Waals surface area contributed by atoms with E-state index in [-0.39, 0.29) is 29.7 Å². The molecule has 1 aliphatic rings. The Morgan fingerprint density at radius 2 is 1.90 bits per heavy atom. The molecule has 1 fully saturated rings. The van der Waals surface area contributed by atoms with E-state index in [1.54, 1.807) is 20.2 Å². The maximum atomic E-state index is 10.1. The second kappa shape index (κ2) is 11.3. The summed E-state index contributed by atoms with van der Waals surface area (Å²) in [4.78, 5) is 8.97. The van der Waals surface area contributed by atoms with Crippen LogP contribution in [0.2, 0.25) is 5.02 Å². The van der Waals surface area contributed by atoms with Gasteiger partial charge in [0.25, 0.3) is 0 Å². The van der Waals surface area contributed by atoms with Crippen molar-refractivity contribution < 1.29 is 9.84 Å². The third-order valence-electron chi connectivity index (χ3n) is 4.95. The van der Waals surface area contributed by atoms with Crippen LogP contribution >= 0.6 is 35.6 Å². The molecule has 0 bridgehead atoms. The van der Waals surface area contributed by atoms with Gasteiger partial charge in [0.15, 0.2) is 5.96 Å². The molecule has 2 N–H and O–H groups in total. The van der Waals surface area contributed by atoms with Crippen LogP contribution in [0, 0.1) is 0 Å². The summed E-state index contributed by atoms with van der Waals surface area (Å²) in [5, 5.41) is 14.3. The Labute approximate surface area is 194 Å². The van der Waals surface area contributed by atoms with E-state index in [0.29, 0.717) is 18.7 Å². The average molecular weight is 531 g/mol. The Kier molecular flexibility index (Phi) is 9.16. The van der Waals surface area contributed by atoms with Gasteiger partial charge in [0, 0.05) is 45.8 Å². The zero-order valence-corrected chi connectivity index (χ0v) is 19.9. The van der Waals surface area contributed by atoms with E-state index in [2.05, 4.69) is 26.2 Å². The fraction of sp³-hybridized carbons (Fsp3) is 0.381. The van der Waals surface area contributed by atoms with E-state index in [1.165, 1.54) is 0 Å². The Bertz CT molecular complexity index is 826. The average Bonchev–Trinajstić information content (AvgIpc) is 2.73. The van der Waals surface area contributed by atoms with Crippen molar-refractivity contribution in [2.45, 2.75) is 6.42 Å². The minimum Gasteiger partial charge on any atom is -0.508 e. The molecule has 0 unspecified atom stereocenters. The molecule has 158 valence electrons. The highest BCUT2D eigenvalue weighted by atomic mass is 127. The molecule has 0 radical (unpaired) electrons. The number of aliphatic imine (C=N–C) groups is 1. The zero-order chi connectivity index (χ0) is 19.9. The number of phenolic OH excluding ortho intramolecular Hbond substituents is 1. The van der Waals surface area contributed by atoms with Crippen LogP contribution in [-0.4, -0.2) is 62.8 Å². The van der Waals surface area contributed by atoms with E-state index in [0.717, 1.165) is 48.4 Å². The molecule has 0 amide bonds. The van der Waals surface area contributed by atoms with Crippen LogP contribution in [0.15, 0.2) is 47.5 Å². The first-order valence-electron chi connectivity index (χ1n) is 9.43.